The first-order valence-electron chi connectivity index (χ1n) is 10.8. The van der Waals surface area contributed by atoms with Gasteiger partial charge in [0.15, 0.2) is 11.5 Å². The second kappa shape index (κ2) is 12.2. The minimum absolute atomic E-state index is 0.0113. The molecule has 0 aliphatic rings. The predicted molar refractivity (Wildman–Crippen MR) is 128 cm³/mol. The van der Waals surface area contributed by atoms with Gasteiger partial charge in [-0.15, -0.1) is 0 Å². The highest BCUT2D eigenvalue weighted by Gasteiger charge is 2.12. The SMILES string of the molecule is COc1cc2ncnc(Nc3ccc(F)c(Cl)c3)c2cc1OCCCCCCNC(=O)N(C)O. The zero-order valence-electron chi connectivity index (χ0n) is 19.0. The van der Waals surface area contributed by atoms with Crippen molar-refractivity contribution in [2.75, 3.05) is 32.6 Å². The zero-order chi connectivity index (χ0) is 24.5. The summed E-state index contributed by atoms with van der Waals surface area (Å²) in [5.41, 5.74) is 1.25. The molecule has 0 bridgehead atoms. The molecule has 11 heteroatoms. The van der Waals surface area contributed by atoms with Crippen LogP contribution in [0, 0.1) is 5.82 Å². The lowest BCUT2D eigenvalue weighted by Crippen LogP contribution is -2.35. The number of unbranched alkanes of at least 4 members (excludes halogenated alkanes) is 3. The van der Waals surface area contributed by atoms with Crippen molar-refractivity contribution in [3.05, 3.63) is 47.5 Å². The summed E-state index contributed by atoms with van der Waals surface area (Å²) < 4.78 is 24.9. The van der Waals surface area contributed by atoms with Gasteiger partial charge in [0.1, 0.15) is 18.0 Å². The molecule has 3 rings (SSSR count). The van der Waals surface area contributed by atoms with Crippen LogP contribution in [0.4, 0.5) is 20.7 Å². The van der Waals surface area contributed by atoms with Crippen molar-refractivity contribution < 1.29 is 23.9 Å². The number of rotatable bonds is 11. The fraction of sp³-hybridized carbons (Fsp3) is 0.348. The highest BCUT2D eigenvalue weighted by atomic mass is 35.5. The Kier molecular flexibility index (Phi) is 9.06. The monoisotopic (exact) mass is 491 g/mol. The molecule has 0 radical (unpaired) electrons. The number of halogens is 2. The van der Waals surface area contributed by atoms with E-state index in [0.29, 0.717) is 52.1 Å². The van der Waals surface area contributed by atoms with Gasteiger partial charge in [0.05, 0.1) is 24.3 Å². The maximum Gasteiger partial charge on any atom is 0.340 e. The molecule has 2 amide bonds. The number of ether oxygens (including phenoxy) is 2. The summed E-state index contributed by atoms with van der Waals surface area (Å²) in [6.07, 6.45) is 4.88. The smallest absolute Gasteiger partial charge is 0.340 e. The first-order chi connectivity index (χ1) is 16.4. The molecule has 1 heterocycles. The number of hydrogen-bond donors (Lipinski definition) is 3. The lowest BCUT2D eigenvalue weighted by molar-refractivity contribution is -0.0182. The van der Waals surface area contributed by atoms with Gasteiger partial charge < -0.3 is 20.1 Å². The molecule has 3 N–H and O–H groups in total. The third-order valence-corrected chi connectivity index (χ3v) is 5.29. The quantitative estimate of drug-likeness (QED) is 0.193. The maximum absolute atomic E-state index is 13.5. The summed E-state index contributed by atoms with van der Waals surface area (Å²) in [5.74, 6) is 1.14. The van der Waals surface area contributed by atoms with E-state index in [4.69, 9.17) is 26.3 Å². The van der Waals surface area contributed by atoms with E-state index in [1.165, 1.54) is 25.5 Å². The number of urea groups is 1. The van der Waals surface area contributed by atoms with E-state index < -0.39 is 11.8 Å². The third kappa shape index (κ3) is 6.82. The molecule has 0 aliphatic heterocycles. The average molecular weight is 492 g/mol. The number of hydroxylamine groups is 2. The molecule has 0 fully saturated rings. The summed E-state index contributed by atoms with van der Waals surface area (Å²) in [4.78, 5) is 19.9. The van der Waals surface area contributed by atoms with Crippen LogP contribution in [0.15, 0.2) is 36.7 Å². The van der Waals surface area contributed by atoms with Gasteiger partial charge in [-0.1, -0.05) is 24.4 Å². The number of nitrogens with zero attached hydrogens (tertiary/aromatic N) is 3. The molecule has 182 valence electrons. The van der Waals surface area contributed by atoms with Crippen LogP contribution in [0.25, 0.3) is 10.9 Å². The predicted octanol–water partition coefficient (Wildman–Crippen LogP) is 5.14. The summed E-state index contributed by atoms with van der Waals surface area (Å²) in [5, 5.41) is 16.0. The van der Waals surface area contributed by atoms with E-state index in [2.05, 4.69) is 20.6 Å². The number of methoxy groups -OCH3 is 1. The van der Waals surface area contributed by atoms with Crippen LogP contribution in [-0.2, 0) is 0 Å². The molecule has 1 aromatic heterocycles. The summed E-state index contributed by atoms with van der Waals surface area (Å²) in [7, 11) is 2.84. The van der Waals surface area contributed by atoms with Crippen molar-refractivity contribution in [2.45, 2.75) is 25.7 Å². The Morgan fingerprint density at radius 1 is 1.15 bits per heavy atom. The highest BCUT2D eigenvalue weighted by molar-refractivity contribution is 6.31. The van der Waals surface area contributed by atoms with Crippen molar-refractivity contribution in [2.24, 2.45) is 0 Å². The molecule has 2 aromatic carbocycles. The molecule has 0 aliphatic carbocycles. The van der Waals surface area contributed by atoms with Crippen LogP contribution in [0.1, 0.15) is 25.7 Å². The summed E-state index contributed by atoms with van der Waals surface area (Å²) in [6.45, 7) is 0.982. The summed E-state index contributed by atoms with van der Waals surface area (Å²) in [6, 6.07) is 7.40. The molecular formula is C23H27ClFN5O4. The van der Waals surface area contributed by atoms with Crippen molar-refractivity contribution in [3.8, 4) is 11.5 Å². The van der Waals surface area contributed by atoms with Crippen molar-refractivity contribution in [3.63, 3.8) is 0 Å². The number of carbonyl (C=O) groups excluding carboxylic acids is 1. The number of fused-ring (bicyclic) bond motifs is 1. The lowest BCUT2D eigenvalue weighted by atomic mass is 10.2. The average Bonchev–Trinajstić information content (AvgIpc) is 2.82. The van der Waals surface area contributed by atoms with Crippen molar-refractivity contribution >= 4 is 40.0 Å². The zero-order valence-corrected chi connectivity index (χ0v) is 19.7. The van der Waals surface area contributed by atoms with Gasteiger partial charge in [0, 0.05) is 30.7 Å². The van der Waals surface area contributed by atoms with Crippen LogP contribution in [0.3, 0.4) is 0 Å². The van der Waals surface area contributed by atoms with Crippen LogP contribution < -0.4 is 20.1 Å². The van der Waals surface area contributed by atoms with Crippen molar-refractivity contribution in [1.29, 1.82) is 0 Å². The normalized spacial score (nSPS) is 10.7. The van der Waals surface area contributed by atoms with E-state index >= 15 is 0 Å². The molecule has 34 heavy (non-hydrogen) atoms. The molecule has 0 spiro atoms. The standard InChI is InChI=1S/C23H27ClFN5O4/c1-30(32)23(31)26-9-5-3-4-6-10-34-21-12-16-19(13-20(21)33-2)27-14-28-22(16)29-15-7-8-18(25)17(24)11-15/h7-8,11-14,32H,3-6,9-10H2,1-2H3,(H,26,31)(H,27,28,29). The van der Waals surface area contributed by atoms with E-state index in [9.17, 15) is 9.18 Å². The number of aromatic nitrogens is 2. The van der Waals surface area contributed by atoms with Crippen LogP contribution in [0.5, 0.6) is 11.5 Å². The number of nitrogens with one attached hydrogen (secondary N) is 2. The Hall–Kier alpha value is -3.37. The van der Waals surface area contributed by atoms with E-state index in [1.54, 1.807) is 19.2 Å². The number of amides is 2. The summed E-state index contributed by atoms with van der Waals surface area (Å²) >= 11 is 5.89. The molecule has 0 unspecified atom stereocenters. The molecule has 0 saturated heterocycles. The minimum atomic E-state index is -0.521. The Labute approximate surface area is 201 Å². The van der Waals surface area contributed by atoms with Gasteiger partial charge in [-0.3, -0.25) is 5.21 Å². The van der Waals surface area contributed by atoms with Gasteiger partial charge in [-0.25, -0.2) is 24.2 Å². The van der Waals surface area contributed by atoms with E-state index in [0.717, 1.165) is 25.7 Å². The van der Waals surface area contributed by atoms with E-state index in [-0.39, 0.29) is 5.02 Å². The third-order valence-electron chi connectivity index (χ3n) is 5.00. The Morgan fingerprint density at radius 3 is 2.68 bits per heavy atom. The Bertz CT molecular complexity index is 1130. The second-order valence-corrected chi connectivity index (χ2v) is 7.92. The maximum atomic E-state index is 13.5. The highest BCUT2D eigenvalue weighted by Crippen LogP contribution is 2.35. The Morgan fingerprint density at radius 2 is 1.94 bits per heavy atom. The van der Waals surface area contributed by atoms with Gasteiger partial charge in [0.25, 0.3) is 0 Å². The topological polar surface area (TPSA) is 109 Å². The first-order valence-corrected chi connectivity index (χ1v) is 11.1. The van der Waals surface area contributed by atoms with Gasteiger partial charge in [0.2, 0.25) is 0 Å². The molecular weight excluding hydrogens is 465 g/mol. The number of anilines is 2. The molecule has 0 saturated carbocycles. The van der Waals surface area contributed by atoms with Crippen LogP contribution in [0.2, 0.25) is 5.02 Å². The van der Waals surface area contributed by atoms with Gasteiger partial charge in [-0.05, 0) is 37.1 Å². The molecule has 0 atom stereocenters. The molecule has 3 aromatic rings. The second-order valence-electron chi connectivity index (χ2n) is 7.51. The first kappa shape index (κ1) is 25.3. The fourth-order valence-electron chi connectivity index (χ4n) is 3.22. The minimum Gasteiger partial charge on any atom is -0.493 e. The number of benzene rings is 2. The number of hydrogen-bond acceptors (Lipinski definition) is 7. The number of carbonyl (C=O) groups is 1. The Balaban J connectivity index is 1.60. The van der Waals surface area contributed by atoms with Crippen LogP contribution >= 0.6 is 11.6 Å². The van der Waals surface area contributed by atoms with E-state index in [1.807, 2.05) is 6.07 Å². The molecule has 9 nitrogen and oxygen atoms in total. The van der Waals surface area contributed by atoms with Gasteiger partial charge >= 0.3 is 6.03 Å². The van der Waals surface area contributed by atoms with Crippen molar-refractivity contribution in [1.82, 2.24) is 20.3 Å². The largest absolute Gasteiger partial charge is 0.493 e. The van der Waals surface area contributed by atoms with Gasteiger partial charge in [-0.2, -0.15) is 0 Å². The lowest BCUT2D eigenvalue weighted by Gasteiger charge is -2.14. The fourth-order valence-corrected chi connectivity index (χ4v) is 3.40. The van der Waals surface area contributed by atoms with Crippen LogP contribution in [-0.4, -0.2) is 53.6 Å².